The number of fused-ring (bicyclic) bond motifs is 13. The quantitative estimate of drug-likeness (QED) is 0.157. The lowest BCUT2D eigenvalue weighted by Crippen LogP contribution is -2.59. The molecule has 0 fully saturated rings. The molecule has 0 unspecified atom stereocenters. The molecular formula is C48H33BN2. The van der Waals surface area contributed by atoms with Crippen molar-refractivity contribution in [2.45, 2.75) is 26.2 Å². The molecule has 4 heterocycles. The van der Waals surface area contributed by atoms with Crippen molar-refractivity contribution in [3.8, 4) is 22.5 Å². The van der Waals surface area contributed by atoms with Crippen LogP contribution in [-0.4, -0.2) is 15.8 Å². The van der Waals surface area contributed by atoms with Gasteiger partial charge in [-0.05, 0) is 96.4 Å². The van der Waals surface area contributed by atoms with Gasteiger partial charge in [-0.15, -0.1) is 0 Å². The van der Waals surface area contributed by atoms with Gasteiger partial charge in [0.2, 0.25) is 0 Å². The molecule has 0 amide bonds. The third kappa shape index (κ3) is 3.49. The van der Waals surface area contributed by atoms with Gasteiger partial charge in [0, 0.05) is 44.0 Å². The van der Waals surface area contributed by atoms with Crippen LogP contribution in [0.15, 0.2) is 146 Å². The van der Waals surface area contributed by atoms with E-state index in [0.717, 1.165) is 0 Å². The minimum atomic E-state index is 0.0904. The van der Waals surface area contributed by atoms with E-state index in [0.29, 0.717) is 0 Å². The average molecular weight is 649 g/mol. The van der Waals surface area contributed by atoms with Crippen LogP contribution in [0.1, 0.15) is 26.3 Å². The van der Waals surface area contributed by atoms with Crippen molar-refractivity contribution in [3.05, 3.63) is 151 Å². The second-order valence-corrected chi connectivity index (χ2v) is 15.7. The summed E-state index contributed by atoms with van der Waals surface area (Å²) in [5.74, 6) is 0. The van der Waals surface area contributed by atoms with E-state index in [2.05, 4.69) is 175 Å². The molecule has 238 valence electrons. The molecule has 12 rings (SSSR count). The Morgan fingerprint density at radius 3 is 1.82 bits per heavy atom. The van der Waals surface area contributed by atoms with E-state index >= 15 is 0 Å². The summed E-state index contributed by atoms with van der Waals surface area (Å²) in [5.41, 5.74) is 15.9. The molecule has 2 aliphatic rings. The number of para-hydroxylation sites is 2. The van der Waals surface area contributed by atoms with Gasteiger partial charge in [-0.1, -0.05) is 130 Å². The number of rotatable bonds is 1. The van der Waals surface area contributed by atoms with Crippen LogP contribution in [-0.2, 0) is 5.41 Å². The van der Waals surface area contributed by atoms with Crippen LogP contribution in [0.2, 0.25) is 0 Å². The highest BCUT2D eigenvalue weighted by molar-refractivity contribution is 7.01. The molecule has 8 aromatic carbocycles. The van der Waals surface area contributed by atoms with Gasteiger partial charge in [-0.25, -0.2) is 0 Å². The molecule has 0 aliphatic carbocycles. The summed E-state index contributed by atoms with van der Waals surface area (Å²) in [7, 11) is 0. The second-order valence-electron chi connectivity index (χ2n) is 15.7. The third-order valence-corrected chi connectivity index (χ3v) is 12.0. The molecule has 3 heteroatoms. The number of nitrogens with zero attached hydrogens (tertiary/aromatic N) is 2. The lowest BCUT2D eigenvalue weighted by molar-refractivity contribution is 0.590. The van der Waals surface area contributed by atoms with E-state index in [-0.39, 0.29) is 12.1 Å². The number of hydrogen-bond donors (Lipinski definition) is 0. The average Bonchev–Trinajstić information content (AvgIpc) is 3.66. The molecule has 2 nitrogen and oxygen atoms in total. The first-order valence-corrected chi connectivity index (χ1v) is 18.1. The fourth-order valence-electron chi connectivity index (χ4n) is 9.70. The highest BCUT2D eigenvalue weighted by atomic mass is 15.0. The molecule has 0 bridgehead atoms. The fraction of sp³-hybridized carbons (Fsp3) is 0.0833. The largest absolute Gasteiger partial charge is 0.310 e. The summed E-state index contributed by atoms with van der Waals surface area (Å²) < 4.78 is 5.20. The lowest BCUT2D eigenvalue weighted by Gasteiger charge is -2.35. The van der Waals surface area contributed by atoms with E-state index in [9.17, 15) is 0 Å². The van der Waals surface area contributed by atoms with Crippen molar-refractivity contribution < 1.29 is 0 Å². The van der Waals surface area contributed by atoms with Crippen LogP contribution < -0.4 is 16.4 Å². The smallest absolute Gasteiger partial charge is 0.253 e. The molecule has 0 saturated carbocycles. The molecule has 2 aromatic heterocycles. The van der Waals surface area contributed by atoms with Crippen LogP contribution in [0, 0.1) is 0 Å². The van der Waals surface area contributed by atoms with Crippen LogP contribution in [0.4, 0.5) is 0 Å². The standard InChI is InChI=1S/C48H33BN2/c1-48(2,3)33-21-19-28(20-22-33)32-26-42-45-43(27-32)51-41-25-30-12-5-4-11-29(30)23-37(41)38-24-31-13-6-7-14-34(31)44(47(38)51)49(45)39-17-10-16-36-35-15-8-9-18-40(35)50(42)46(36)39/h4-27H,1-3H3. The van der Waals surface area contributed by atoms with Gasteiger partial charge in [-0.2, -0.15) is 0 Å². The zero-order valence-electron chi connectivity index (χ0n) is 28.8. The summed E-state index contributed by atoms with van der Waals surface area (Å²) >= 11 is 0. The van der Waals surface area contributed by atoms with Gasteiger partial charge < -0.3 is 9.13 Å². The number of aromatic nitrogens is 2. The van der Waals surface area contributed by atoms with E-state index in [1.54, 1.807) is 0 Å². The van der Waals surface area contributed by atoms with Gasteiger partial charge in [0.05, 0.1) is 11.0 Å². The number of hydrogen-bond acceptors (Lipinski definition) is 0. The maximum atomic E-state index is 2.62. The summed E-state index contributed by atoms with van der Waals surface area (Å²) in [5, 5.41) is 10.4. The normalized spacial score (nSPS) is 13.4. The molecule has 0 spiro atoms. The van der Waals surface area contributed by atoms with Gasteiger partial charge in [0.1, 0.15) is 0 Å². The maximum Gasteiger partial charge on any atom is 0.253 e. The van der Waals surface area contributed by atoms with Crippen molar-refractivity contribution >= 4 is 88.3 Å². The van der Waals surface area contributed by atoms with Crippen molar-refractivity contribution in [1.82, 2.24) is 9.13 Å². The summed E-state index contributed by atoms with van der Waals surface area (Å²) in [6.07, 6.45) is 0. The second kappa shape index (κ2) is 9.38. The Balaban J connectivity index is 1.32. The zero-order chi connectivity index (χ0) is 33.7. The Bertz CT molecular complexity index is 3170. The van der Waals surface area contributed by atoms with Crippen LogP contribution in [0.3, 0.4) is 0 Å². The predicted octanol–water partition coefficient (Wildman–Crippen LogP) is 10.3. The fourth-order valence-corrected chi connectivity index (χ4v) is 9.70. The van der Waals surface area contributed by atoms with E-state index < -0.39 is 0 Å². The van der Waals surface area contributed by atoms with Crippen molar-refractivity contribution in [1.29, 1.82) is 0 Å². The van der Waals surface area contributed by atoms with Gasteiger partial charge >= 0.3 is 0 Å². The van der Waals surface area contributed by atoms with Crippen LogP contribution in [0.5, 0.6) is 0 Å². The summed E-state index contributed by atoms with van der Waals surface area (Å²) in [6, 6.07) is 55.4. The predicted molar refractivity (Wildman–Crippen MR) is 219 cm³/mol. The Hall–Kier alpha value is -6.06. The highest BCUT2D eigenvalue weighted by Gasteiger charge is 2.42. The van der Waals surface area contributed by atoms with Gasteiger partial charge in [0.25, 0.3) is 6.71 Å². The van der Waals surface area contributed by atoms with Crippen molar-refractivity contribution in [3.63, 3.8) is 0 Å². The molecule has 0 atom stereocenters. The minimum absolute atomic E-state index is 0.0904. The molecule has 2 aliphatic heterocycles. The van der Waals surface area contributed by atoms with Crippen LogP contribution >= 0.6 is 0 Å². The highest BCUT2D eigenvalue weighted by Crippen LogP contribution is 2.43. The van der Waals surface area contributed by atoms with Gasteiger partial charge in [-0.3, -0.25) is 0 Å². The Morgan fingerprint density at radius 2 is 1.06 bits per heavy atom. The van der Waals surface area contributed by atoms with E-state index in [1.807, 2.05) is 0 Å². The van der Waals surface area contributed by atoms with Gasteiger partial charge in [0.15, 0.2) is 0 Å². The first-order valence-electron chi connectivity index (χ1n) is 18.1. The first-order chi connectivity index (χ1) is 24.9. The molecule has 51 heavy (non-hydrogen) atoms. The summed E-state index contributed by atoms with van der Waals surface area (Å²) in [6.45, 7) is 6.96. The monoisotopic (exact) mass is 648 g/mol. The lowest BCUT2D eigenvalue weighted by atomic mass is 9.33. The Kier molecular flexibility index (Phi) is 5.10. The zero-order valence-corrected chi connectivity index (χ0v) is 28.8. The van der Waals surface area contributed by atoms with Crippen molar-refractivity contribution in [2.24, 2.45) is 0 Å². The minimum Gasteiger partial charge on any atom is -0.310 e. The van der Waals surface area contributed by atoms with Crippen molar-refractivity contribution in [2.75, 3.05) is 0 Å². The maximum absolute atomic E-state index is 2.62. The molecule has 10 aromatic rings. The van der Waals surface area contributed by atoms with E-state index in [4.69, 9.17) is 0 Å². The molecule has 0 radical (unpaired) electrons. The SMILES string of the molecule is CC(C)(C)c1ccc(-c2cc3c4c(c2)-n2c5cc6ccccc6cc5c5cc6ccccc6c(c52)B4c2cccc4c5ccccc5n-3c24)cc1. The Labute approximate surface area is 296 Å². The Morgan fingerprint density at radius 1 is 0.431 bits per heavy atom. The molecular weight excluding hydrogens is 615 g/mol. The first kappa shape index (κ1) is 27.7. The third-order valence-electron chi connectivity index (χ3n) is 12.0. The molecule has 0 N–H and O–H groups in total. The van der Waals surface area contributed by atoms with E-state index in [1.165, 1.54) is 110 Å². The summed E-state index contributed by atoms with van der Waals surface area (Å²) in [4.78, 5) is 0. The number of benzene rings is 8. The molecule has 0 saturated heterocycles. The topological polar surface area (TPSA) is 9.86 Å². The van der Waals surface area contributed by atoms with Crippen LogP contribution in [0.25, 0.3) is 87.7 Å².